The first-order valence-corrected chi connectivity index (χ1v) is 12.2. The van der Waals surface area contributed by atoms with Crippen molar-refractivity contribution in [2.24, 2.45) is 5.92 Å². The van der Waals surface area contributed by atoms with Gasteiger partial charge in [-0.3, -0.25) is 4.79 Å². The number of hydrogen-bond acceptors (Lipinski definition) is 3. The molecule has 1 amide bonds. The Kier molecular flexibility index (Phi) is 6.76. The number of anilines is 1. The lowest BCUT2D eigenvalue weighted by Gasteiger charge is -2.20. The first kappa shape index (κ1) is 22.2. The molecule has 0 fully saturated rings. The zero-order valence-electron chi connectivity index (χ0n) is 17.6. The van der Waals surface area contributed by atoms with Crippen molar-refractivity contribution in [3.05, 3.63) is 71.6 Å². The van der Waals surface area contributed by atoms with Gasteiger partial charge in [0.2, 0.25) is 0 Å². The van der Waals surface area contributed by atoms with Crippen LogP contribution in [0.5, 0.6) is 0 Å². The van der Waals surface area contributed by atoms with Crippen LogP contribution in [0.3, 0.4) is 0 Å². The van der Waals surface area contributed by atoms with Crippen LogP contribution in [0.1, 0.15) is 38.7 Å². The van der Waals surface area contributed by atoms with Crippen molar-refractivity contribution in [1.29, 1.82) is 0 Å². The fourth-order valence-corrected chi connectivity index (χ4v) is 5.24. The van der Waals surface area contributed by atoms with E-state index < -0.39 is 9.84 Å². The van der Waals surface area contributed by atoms with Crippen LogP contribution in [0.15, 0.2) is 60.2 Å². The first-order valence-electron chi connectivity index (χ1n) is 10.3. The van der Waals surface area contributed by atoms with Gasteiger partial charge in [0.05, 0.1) is 5.25 Å². The maximum absolute atomic E-state index is 13.5. The van der Waals surface area contributed by atoms with Crippen LogP contribution >= 0.6 is 0 Å². The maximum atomic E-state index is 13.5. The monoisotopic (exact) mass is 429 g/mol. The molecule has 6 heteroatoms. The first-order chi connectivity index (χ1) is 14.2. The number of nitrogens with zero attached hydrogens (tertiary/aromatic N) is 1. The summed E-state index contributed by atoms with van der Waals surface area (Å²) in [5.74, 6) is -0.429. The molecule has 0 bridgehead atoms. The van der Waals surface area contributed by atoms with E-state index in [1.165, 1.54) is 18.4 Å². The largest absolute Gasteiger partial charge is 0.304 e. The maximum Gasteiger partial charge on any atom is 0.259 e. The number of para-hydroxylation sites is 1. The Morgan fingerprint density at radius 2 is 1.67 bits per heavy atom. The van der Waals surface area contributed by atoms with Crippen molar-refractivity contribution >= 4 is 27.0 Å². The minimum absolute atomic E-state index is 0.0264. The van der Waals surface area contributed by atoms with Gasteiger partial charge in [0.15, 0.2) is 0 Å². The Morgan fingerprint density at radius 1 is 1.03 bits per heavy atom. The van der Waals surface area contributed by atoms with Gasteiger partial charge in [-0.1, -0.05) is 44.2 Å². The van der Waals surface area contributed by atoms with Crippen LogP contribution in [0, 0.1) is 11.7 Å². The van der Waals surface area contributed by atoms with Gasteiger partial charge >= 0.3 is 0 Å². The Labute approximate surface area is 178 Å². The molecule has 4 nitrogen and oxygen atoms in total. The van der Waals surface area contributed by atoms with Gasteiger partial charge in [-0.15, -0.1) is 0 Å². The number of sulfone groups is 1. The second-order valence-corrected chi connectivity index (χ2v) is 10.3. The average molecular weight is 430 g/mol. The number of halogens is 1. The fraction of sp³-hybridized carbons (Fsp3) is 0.375. The van der Waals surface area contributed by atoms with Crippen LogP contribution < -0.4 is 4.90 Å². The van der Waals surface area contributed by atoms with E-state index in [4.69, 9.17) is 0 Å². The molecular weight excluding hydrogens is 401 g/mol. The van der Waals surface area contributed by atoms with E-state index in [0.29, 0.717) is 36.9 Å². The number of benzene rings is 2. The molecule has 2 aromatic rings. The van der Waals surface area contributed by atoms with E-state index >= 15 is 0 Å². The third-order valence-electron chi connectivity index (χ3n) is 5.89. The highest BCUT2D eigenvalue weighted by molar-refractivity contribution is 7.91. The van der Waals surface area contributed by atoms with Crippen LogP contribution in [0.2, 0.25) is 0 Å². The van der Waals surface area contributed by atoms with Crippen LogP contribution in [0.25, 0.3) is 5.57 Å². The molecule has 2 aromatic carbocycles. The Hall–Kier alpha value is -2.47. The molecule has 1 heterocycles. The highest BCUT2D eigenvalue weighted by Crippen LogP contribution is 2.37. The van der Waals surface area contributed by atoms with Gasteiger partial charge in [-0.05, 0) is 60.6 Å². The molecule has 0 saturated heterocycles. The third-order valence-corrected chi connectivity index (χ3v) is 7.67. The second kappa shape index (κ2) is 9.13. The van der Waals surface area contributed by atoms with Gasteiger partial charge in [0.25, 0.3) is 5.91 Å². The van der Waals surface area contributed by atoms with Crippen molar-refractivity contribution in [3.8, 4) is 0 Å². The molecule has 160 valence electrons. The van der Waals surface area contributed by atoms with E-state index in [0.717, 1.165) is 11.3 Å². The van der Waals surface area contributed by atoms with E-state index in [9.17, 15) is 17.6 Å². The van der Waals surface area contributed by atoms with Crippen molar-refractivity contribution in [2.75, 3.05) is 17.7 Å². The summed E-state index contributed by atoms with van der Waals surface area (Å²) in [4.78, 5) is 15.1. The van der Waals surface area contributed by atoms with Crippen molar-refractivity contribution < 1.29 is 17.6 Å². The molecule has 2 unspecified atom stereocenters. The second-order valence-electron chi connectivity index (χ2n) is 7.97. The number of carbonyl (C=O) groups excluding carboxylic acids is 1. The molecule has 0 aromatic heterocycles. The molecule has 30 heavy (non-hydrogen) atoms. The fourth-order valence-electron chi connectivity index (χ4n) is 4.07. The molecule has 3 rings (SSSR count). The predicted octanol–water partition coefficient (Wildman–Crippen LogP) is 4.87. The molecular formula is C24H28FNO3S. The molecule has 1 aliphatic rings. The van der Waals surface area contributed by atoms with Crippen molar-refractivity contribution in [3.63, 3.8) is 0 Å². The Morgan fingerprint density at radius 3 is 2.23 bits per heavy atom. The van der Waals surface area contributed by atoms with E-state index in [-0.39, 0.29) is 22.9 Å². The summed E-state index contributed by atoms with van der Waals surface area (Å²) in [6, 6.07) is 15.5. The molecule has 0 N–H and O–H groups in total. The standard InChI is InChI=1S/C24H28FNO3S/c1-4-21(30(3,28)29)15-10-17(2)22-16-26(20-8-6-5-7-9-20)24(27)23(22)18-11-13-19(25)14-12-18/h5-9,11-14,17,21H,4,10,15-16H2,1-3H3. The number of rotatable bonds is 8. The molecule has 0 saturated carbocycles. The van der Waals surface area contributed by atoms with Crippen LogP contribution in [-0.4, -0.2) is 32.4 Å². The number of hydrogen-bond donors (Lipinski definition) is 0. The summed E-state index contributed by atoms with van der Waals surface area (Å²) in [6.07, 6.45) is 3.08. The summed E-state index contributed by atoms with van der Waals surface area (Å²) in [5, 5.41) is -0.378. The smallest absolute Gasteiger partial charge is 0.259 e. The summed E-state index contributed by atoms with van der Waals surface area (Å²) in [5.41, 5.74) is 3.07. The lowest BCUT2D eigenvalue weighted by atomic mass is 9.90. The summed E-state index contributed by atoms with van der Waals surface area (Å²) >= 11 is 0. The predicted molar refractivity (Wildman–Crippen MR) is 119 cm³/mol. The van der Waals surface area contributed by atoms with E-state index in [1.807, 2.05) is 44.2 Å². The lowest BCUT2D eigenvalue weighted by molar-refractivity contribution is -0.112. The van der Waals surface area contributed by atoms with Gasteiger partial charge in [-0.25, -0.2) is 12.8 Å². The zero-order chi connectivity index (χ0) is 21.9. The topological polar surface area (TPSA) is 54.5 Å². The average Bonchev–Trinajstić information content (AvgIpc) is 3.06. The normalized spacial score (nSPS) is 16.8. The highest BCUT2D eigenvalue weighted by atomic mass is 32.2. The van der Waals surface area contributed by atoms with E-state index in [2.05, 4.69) is 0 Å². The lowest BCUT2D eigenvalue weighted by Crippen LogP contribution is -2.27. The minimum atomic E-state index is -3.10. The van der Waals surface area contributed by atoms with Crippen molar-refractivity contribution in [1.82, 2.24) is 0 Å². The Bertz CT molecular complexity index is 1030. The molecule has 0 radical (unpaired) electrons. The van der Waals surface area contributed by atoms with Gasteiger partial charge < -0.3 is 4.90 Å². The Balaban J connectivity index is 1.93. The molecule has 2 atom stereocenters. The number of carbonyl (C=O) groups is 1. The van der Waals surface area contributed by atoms with Crippen LogP contribution in [0.4, 0.5) is 10.1 Å². The van der Waals surface area contributed by atoms with Gasteiger partial charge in [0.1, 0.15) is 15.7 Å². The zero-order valence-corrected chi connectivity index (χ0v) is 18.5. The molecule has 1 aliphatic heterocycles. The van der Waals surface area contributed by atoms with E-state index in [1.54, 1.807) is 17.0 Å². The van der Waals surface area contributed by atoms with Gasteiger partial charge in [0, 0.05) is 24.1 Å². The summed E-state index contributed by atoms with van der Waals surface area (Å²) in [6.45, 7) is 4.37. The SMILES string of the molecule is CCC(CCC(C)C1=C(c2ccc(F)cc2)C(=O)N(c2ccccc2)C1)S(C)(=O)=O. The van der Waals surface area contributed by atoms with Crippen LogP contribution in [-0.2, 0) is 14.6 Å². The molecule has 0 spiro atoms. The quantitative estimate of drug-likeness (QED) is 0.602. The number of amides is 1. The molecule has 0 aliphatic carbocycles. The summed E-state index contributed by atoms with van der Waals surface area (Å²) < 4.78 is 37.4. The van der Waals surface area contributed by atoms with Crippen molar-refractivity contribution in [2.45, 2.75) is 38.4 Å². The highest BCUT2D eigenvalue weighted by Gasteiger charge is 2.34. The third kappa shape index (κ3) is 4.81. The minimum Gasteiger partial charge on any atom is -0.304 e. The van der Waals surface area contributed by atoms with Gasteiger partial charge in [-0.2, -0.15) is 0 Å². The summed E-state index contributed by atoms with van der Waals surface area (Å²) in [7, 11) is -3.10.